The summed E-state index contributed by atoms with van der Waals surface area (Å²) in [6, 6.07) is 8.34. The van der Waals surface area contributed by atoms with Crippen LogP contribution in [0.2, 0.25) is 0 Å². The highest BCUT2D eigenvalue weighted by atomic mass is 32.1. The maximum atomic E-state index is 9.42. The summed E-state index contributed by atoms with van der Waals surface area (Å²) in [6.45, 7) is 2.24. The van der Waals surface area contributed by atoms with Gasteiger partial charge in [-0.05, 0) is 12.5 Å². The van der Waals surface area contributed by atoms with Gasteiger partial charge in [0.2, 0.25) is 0 Å². The monoisotopic (exact) mass is 233 g/mol. The maximum Gasteiger partial charge on any atom is 0.0931 e. The van der Waals surface area contributed by atoms with Crippen molar-refractivity contribution in [1.82, 2.24) is 4.98 Å². The Labute approximate surface area is 99.6 Å². The maximum absolute atomic E-state index is 9.42. The van der Waals surface area contributed by atoms with E-state index in [1.54, 1.807) is 11.3 Å². The zero-order valence-corrected chi connectivity index (χ0v) is 10.1. The van der Waals surface area contributed by atoms with E-state index in [-0.39, 0.29) is 12.5 Å². The predicted molar refractivity (Wildman–Crippen MR) is 66.8 cm³/mol. The van der Waals surface area contributed by atoms with Crippen LogP contribution in [0, 0.1) is 6.92 Å². The number of hydrogen-bond donors (Lipinski definition) is 1. The van der Waals surface area contributed by atoms with Crippen LogP contribution in [0.3, 0.4) is 0 Å². The van der Waals surface area contributed by atoms with Crippen molar-refractivity contribution in [3.05, 3.63) is 52.0 Å². The molecule has 0 spiro atoms. The van der Waals surface area contributed by atoms with Gasteiger partial charge in [-0.3, -0.25) is 0 Å². The van der Waals surface area contributed by atoms with Crippen LogP contribution in [-0.2, 0) is 6.42 Å². The van der Waals surface area contributed by atoms with E-state index in [9.17, 15) is 5.11 Å². The predicted octanol–water partition coefficient (Wildman–Crippen LogP) is 2.77. The molecular weight excluding hydrogens is 218 g/mol. The second-order valence-electron chi connectivity index (χ2n) is 3.92. The topological polar surface area (TPSA) is 33.1 Å². The van der Waals surface area contributed by atoms with E-state index in [1.807, 2.05) is 11.6 Å². The van der Waals surface area contributed by atoms with Crippen molar-refractivity contribution < 1.29 is 5.11 Å². The Balaban J connectivity index is 2.13. The van der Waals surface area contributed by atoms with Crippen LogP contribution in [0.25, 0.3) is 0 Å². The molecule has 1 heterocycles. The van der Waals surface area contributed by atoms with Gasteiger partial charge in [0.1, 0.15) is 0 Å². The molecule has 2 aromatic rings. The van der Waals surface area contributed by atoms with Crippen LogP contribution in [-0.4, -0.2) is 16.7 Å². The zero-order chi connectivity index (χ0) is 11.4. The van der Waals surface area contributed by atoms with Gasteiger partial charge in [0.25, 0.3) is 0 Å². The van der Waals surface area contributed by atoms with Crippen molar-refractivity contribution in [2.24, 2.45) is 0 Å². The Kier molecular flexibility index (Phi) is 3.70. The number of aromatic nitrogens is 1. The number of benzene rings is 1. The van der Waals surface area contributed by atoms with E-state index >= 15 is 0 Å². The Morgan fingerprint density at radius 3 is 2.62 bits per heavy atom. The summed E-state index contributed by atoms with van der Waals surface area (Å²) in [6.07, 6.45) is 2.63. The highest BCUT2D eigenvalue weighted by Gasteiger charge is 2.12. The normalized spacial score (nSPS) is 12.6. The van der Waals surface area contributed by atoms with Crippen molar-refractivity contribution in [2.45, 2.75) is 19.3 Å². The average Bonchev–Trinajstić information content (AvgIpc) is 2.80. The first kappa shape index (κ1) is 11.3. The van der Waals surface area contributed by atoms with Gasteiger partial charge in [-0.1, -0.05) is 29.8 Å². The molecule has 3 heteroatoms. The molecule has 2 rings (SSSR count). The lowest BCUT2D eigenvalue weighted by Crippen LogP contribution is -2.07. The number of rotatable bonds is 4. The molecule has 1 N–H and O–H groups in total. The summed E-state index contributed by atoms with van der Waals surface area (Å²) < 4.78 is 0. The fraction of sp³-hybridized carbons (Fsp3) is 0.308. The van der Waals surface area contributed by atoms with E-state index in [0.717, 1.165) is 11.4 Å². The molecule has 1 unspecified atom stereocenters. The Morgan fingerprint density at radius 1 is 1.31 bits per heavy atom. The van der Waals surface area contributed by atoms with Crippen molar-refractivity contribution in [2.75, 3.05) is 6.61 Å². The van der Waals surface area contributed by atoms with Gasteiger partial charge in [0.15, 0.2) is 0 Å². The minimum Gasteiger partial charge on any atom is -0.396 e. The van der Waals surface area contributed by atoms with Gasteiger partial charge in [0.05, 0.1) is 11.6 Å². The number of aryl methyl sites for hydroxylation is 1. The van der Waals surface area contributed by atoms with Crippen LogP contribution >= 0.6 is 11.3 Å². The first-order valence-corrected chi connectivity index (χ1v) is 6.23. The van der Waals surface area contributed by atoms with Crippen molar-refractivity contribution in [1.29, 1.82) is 0 Å². The molecule has 0 bridgehead atoms. The van der Waals surface area contributed by atoms with Crippen molar-refractivity contribution >= 4 is 11.3 Å². The van der Waals surface area contributed by atoms with Crippen molar-refractivity contribution in [3.8, 4) is 0 Å². The quantitative estimate of drug-likeness (QED) is 0.881. The lowest BCUT2D eigenvalue weighted by Gasteiger charge is -2.13. The van der Waals surface area contributed by atoms with E-state index in [0.29, 0.717) is 0 Å². The standard InChI is InChI=1S/C13H15NOS/c1-10-2-4-11(5-3-10)12(9-15)8-13-14-6-7-16-13/h2-7,12,15H,8-9H2,1H3. The molecular formula is C13H15NOS. The van der Waals surface area contributed by atoms with Gasteiger partial charge in [-0.25, -0.2) is 4.98 Å². The van der Waals surface area contributed by atoms with Crippen LogP contribution in [0.4, 0.5) is 0 Å². The van der Waals surface area contributed by atoms with Crippen LogP contribution < -0.4 is 0 Å². The number of aliphatic hydroxyl groups excluding tert-OH is 1. The molecule has 1 atom stereocenters. The van der Waals surface area contributed by atoms with E-state index in [4.69, 9.17) is 0 Å². The average molecular weight is 233 g/mol. The minimum atomic E-state index is 0.159. The summed E-state index contributed by atoms with van der Waals surface area (Å²) in [7, 11) is 0. The summed E-state index contributed by atoms with van der Waals surface area (Å²) in [5, 5.41) is 12.5. The minimum absolute atomic E-state index is 0.159. The highest BCUT2D eigenvalue weighted by molar-refractivity contribution is 7.09. The zero-order valence-electron chi connectivity index (χ0n) is 9.26. The largest absolute Gasteiger partial charge is 0.396 e. The molecule has 0 aliphatic rings. The third kappa shape index (κ3) is 2.68. The van der Waals surface area contributed by atoms with E-state index in [2.05, 4.69) is 36.2 Å². The summed E-state index contributed by atoms with van der Waals surface area (Å²) in [4.78, 5) is 4.25. The molecule has 0 radical (unpaired) electrons. The highest BCUT2D eigenvalue weighted by Crippen LogP contribution is 2.21. The fourth-order valence-electron chi connectivity index (χ4n) is 1.69. The molecule has 2 nitrogen and oxygen atoms in total. The third-order valence-corrected chi connectivity index (χ3v) is 3.48. The lowest BCUT2D eigenvalue weighted by atomic mass is 9.96. The second kappa shape index (κ2) is 5.23. The molecule has 0 aliphatic carbocycles. The Hall–Kier alpha value is -1.19. The van der Waals surface area contributed by atoms with Gasteiger partial charge < -0.3 is 5.11 Å². The second-order valence-corrected chi connectivity index (χ2v) is 4.90. The first-order chi connectivity index (χ1) is 7.79. The number of aliphatic hydroxyl groups is 1. The summed E-state index contributed by atoms with van der Waals surface area (Å²) >= 11 is 1.64. The lowest BCUT2D eigenvalue weighted by molar-refractivity contribution is 0.264. The van der Waals surface area contributed by atoms with Gasteiger partial charge >= 0.3 is 0 Å². The Bertz CT molecular complexity index is 422. The van der Waals surface area contributed by atoms with Gasteiger partial charge in [-0.2, -0.15) is 0 Å². The SMILES string of the molecule is Cc1ccc(C(CO)Cc2nccs2)cc1. The molecule has 0 saturated heterocycles. The molecule has 1 aromatic carbocycles. The van der Waals surface area contributed by atoms with Gasteiger partial charge in [0, 0.05) is 23.9 Å². The van der Waals surface area contributed by atoms with E-state index < -0.39 is 0 Å². The molecule has 0 fully saturated rings. The molecule has 0 amide bonds. The first-order valence-electron chi connectivity index (χ1n) is 5.35. The smallest absolute Gasteiger partial charge is 0.0931 e. The van der Waals surface area contributed by atoms with Crippen LogP contribution in [0.5, 0.6) is 0 Å². The van der Waals surface area contributed by atoms with E-state index in [1.165, 1.54) is 11.1 Å². The molecule has 84 valence electrons. The Morgan fingerprint density at radius 2 is 2.06 bits per heavy atom. The van der Waals surface area contributed by atoms with Crippen molar-refractivity contribution in [3.63, 3.8) is 0 Å². The fourth-order valence-corrected chi connectivity index (χ4v) is 2.39. The number of thiazole rings is 1. The molecule has 16 heavy (non-hydrogen) atoms. The third-order valence-electron chi connectivity index (χ3n) is 2.67. The number of hydrogen-bond acceptors (Lipinski definition) is 3. The molecule has 0 saturated carbocycles. The van der Waals surface area contributed by atoms with Gasteiger partial charge in [-0.15, -0.1) is 11.3 Å². The van der Waals surface area contributed by atoms with Crippen LogP contribution in [0.1, 0.15) is 22.1 Å². The molecule has 1 aromatic heterocycles. The molecule has 0 aliphatic heterocycles. The summed E-state index contributed by atoms with van der Waals surface area (Å²) in [5.74, 6) is 0.159. The van der Waals surface area contributed by atoms with Crippen LogP contribution in [0.15, 0.2) is 35.8 Å². The summed E-state index contributed by atoms with van der Waals surface area (Å²) in [5.41, 5.74) is 2.43. The number of nitrogens with zero attached hydrogens (tertiary/aromatic N) is 1.